The van der Waals surface area contributed by atoms with Gasteiger partial charge in [-0.15, -0.1) is 6.58 Å². The van der Waals surface area contributed by atoms with Gasteiger partial charge in [-0.25, -0.2) is 13.4 Å². The number of halogens is 1. The summed E-state index contributed by atoms with van der Waals surface area (Å²) in [7, 11) is -2.99. The van der Waals surface area contributed by atoms with Gasteiger partial charge in [0.05, 0.1) is 21.9 Å². The number of aliphatic hydroxyl groups excluding tert-OH is 2. The van der Waals surface area contributed by atoms with Gasteiger partial charge in [0.1, 0.15) is 5.83 Å². The summed E-state index contributed by atoms with van der Waals surface area (Å²) in [5, 5.41) is 20.4. The first-order valence-corrected chi connectivity index (χ1v) is 15.5. The van der Waals surface area contributed by atoms with Crippen LogP contribution in [-0.2, 0) is 9.73 Å². The van der Waals surface area contributed by atoms with Crippen LogP contribution in [0.25, 0.3) is 0 Å². The summed E-state index contributed by atoms with van der Waals surface area (Å²) in [5.74, 6) is 0.873. The first kappa shape index (κ1) is 29.8. The maximum absolute atomic E-state index is 13.4. The van der Waals surface area contributed by atoms with Crippen LogP contribution < -0.4 is 0 Å². The third-order valence-corrected chi connectivity index (χ3v) is 11.4. The normalized spacial score (nSPS) is 37.7. The van der Waals surface area contributed by atoms with Crippen LogP contribution in [0.5, 0.6) is 0 Å². The Labute approximate surface area is 223 Å². The minimum absolute atomic E-state index is 0.0673. The quantitative estimate of drug-likeness (QED) is 0.214. The lowest BCUT2D eigenvalue weighted by molar-refractivity contribution is 0.0333. The van der Waals surface area contributed by atoms with Crippen molar-refractivity contribution in [3.05, 3.63) is 71.5 Å². The molecule has 4 nitrogen and oxygen atoms in total. The van der Waals surface area contributed by atoms with E-state index in [1.54, 1.807) is 6.92 Å². The van der Waals surface area contributed by atoms with Crippen LogP contribution >= 0.6 is 0 Å². The van der Waals surface area contributed by atoms with E-state index in [9.17, 15) is 18.8 Å². The van der Waals surface area contributed by atoms with Crippen LogP contribution in [0.3, 0.4) is 0 Å². The molecule has 0 saturated heterocycles. The van der Waals surface area contributed by atoms with Gasteiger partial charge in [-0.1, -0.05) is 49.8 Å². The van der Waals surface area contributed by atoms with E-state index in [1.165, 1.54) is 17.7 Å². The molecule has 3 aliphatic carbocycles. The van der Waals surface area contributed by atoms with E-state index in [0.29, 0.717) is 36.0 Å². The highest BCUT2D eigenvalue weighted by molar-refractivity contribution is 7.96. The number of nitrogens with one attached hydrogen (secondary N) is 1. The van der Waals surface area contributed by atoms with E-state index in [2.05, 4.69) is 32.2 Å². The molecule has 0 heterocycles. The maximum atomic E-state index is 13.4. The van der Waals surface area contributed by atoms with Crippen LogP contribution in [0.2, 0.25) is 0 Å². The molecule has 6 heteroatoms. The van der Waals surface area contributed by atoms with Gasteiger partial charge in [0.15, 0.2) is 0 Å². The lowest BCUT2D eigenvalue weighted by Gasteiger charge is -2.44. The Morgan fingerprint density at radius 2 is 1.95 bits per heavy atom. The van der Waals surface area contributed by atoms with Gasteiger partial charge in [-0.3, -0.25) is 0 Å². The molecule has 0 aliphatic heterocycles. The highest BCUT2D eigenvalue weighted by Crippen LogP contribution is 2.60. The number of fused-ring (bicyclic) bond motifs is 1. The molecule has 0 radical (unpaired) electrons. The smallest absolute Gasteiger partial charge is 0.122 e. The number of allylic oxidation sites excluding steroid dienone is 9. The zero-order valence-corrected chi connectivity index (χ0v) is 23.6. The third kappa shape index (κ3) is 6.82. The number of hydrogen-bond acceptors (Lipinski definition) is 4. The number of hydrogen-bond donors (Lipinski definition) is 3. The summed E-state index contributed by atoms with van der Waals surface area (Å²) in [6.07, 6.45) is 16.4. The highest BCUT2D eigenvalue weighted by atomic mass is 32.2. The van der Waals surface area contributed by atoms with Crippen molar-refractivity contribution in [2.75, 3.05) is 5.75 Å². The van der Waals surface area contributed by atoms with E-state index >= 15 is 0 Å². The fourth-order valence-electron chi connectivity index (χ4n) is 7.01. The molecule has 0 spiro atoms. The molecule has 8 atom stereocenters. The van der Waals surface area contributed by atoms with Crippen molar-refractivity contribution in [1.82, 2.24) is 0 Å². The van der Waals surface area contributed by atoms with Crippen LogP contribution in [0.1, 0.15) is 72.1 Å². The largest absolute Gasteiger partial charge is 0.393 e. The minimum atomic E-state index is -2.99. The molecule has 3 aliphatic rings. The van der Waals surface area contributed by atoms with Crippen molar-refractivity contribution in [3.8, 4) is 0 Å². The Morgan fingerprint density at radius 1 is 1.24 bits per heavy atom. The van der Waals surface area contributed by atoms with Crippen molar-refractivity contribution < 1.29 is 18.8 Å². The second-order valence-electron chi connectivity index (χ2n) is 11.6. The van der Waals surface area contributed by atoms with E-state index < -0.39 is 27.8 Å². The predicted molar refractivity (Wildman–Crippen MR) is 152 cm³/mol. The van der Waals surface area contributed by atoms with Gasteiger partial charge in [0, 0.05) is 23.0 Å². The van der Waals surface area contributed by atoms with E-state index in [0.717, 1.165) is 43.8 Å². The van der Waals surface area contributed by atoms with Crippen molar-refractivity contribution in [3.63, 3.8) is 0 Å². The molecule has 0 amide bonds. The van der Waals surface area contributed by atoms with Crippen molar-refractivity contribution >= 4 is 9.73 Å². The topological polar surface area (TPSA) is 81.4 Å². The monoisotopic (exact) mass is 531 g/mol. The molecule has 0 bridgehead atoms. The average Bonchev–Trinajstić information content (AvgIpc) is 3.21. The lowest BCUT2D eigenvalue weighted by atomic mass is 9.60. The first-order valence-electron chi connectivity index (χ1n) is 13.7. The van der Waals surface area contributed by atoms with Crippen LogP contribution in [0.4, 0.5) is 4.39 Å². The van der Waals surface area contributed by atoms with Crippen LogP contribution in [0.15, 0.2) is 71.5 Å². The summed E-state index contributed by atoms with van der Waals surface area (Å²) in [5.41, 5.74) is 2.72. The number of rotatable bonds is 9. The molecular formula is C31H46FNO3S. The molecule has 3 fully saturated rings. The van der Waals surface area contributed by atoms with Crippen LogP contribution in [0, 0.1) is 33.9 Å². The molecule has 0 aromatic carbocycles. The standard InChI is InChI=1S/C31H46FNO3S/c1-6-23(16-18-37(33,36)21(3)10-13-26(32)7-2)28-14-15-29-24(9-8-17-31(28,29)5)11-12-25-19-27(34)20-30(35)22(25)4/h6-7,10-13,22-23,27-30,33-35H,1-2,8-9,14-20H2,3-5H3/b21-10+,24-11+,25-12-,26-13+/t22?,23-,27-,28-,29+,30+,31-,37?/m1/s1. The van der Waals surface area contributed by atoms with E-state index in [-0.39, 0.29) is 23.0 Å². The summed E-state index contributed by atoms with van der Waals surface area (Å²) in [6, 6.07) is 0. The Morgan fingerprint density at radius 3 is 2.62 bits per heavy atom. The van der Waals surface area contributed by atoms with Gasteiger partial charge in [0.2, 0.25) is 0 Å². The molecule has 0 aromatic rings. The third-order valence-electron chi connectivity index (χ3n) is 9.45. The second kappa shape index (κ2) is 12.4. The summed E-state index contributed by atoms with van der Waals surface area (Å²) in [4.78, 5) is 0.380. The SMILES string of the molecule is C=C/C(F)=C\C=C(/C)S(=N)(=O)CC[C@@H](C=C)[C@H]1CC[C@H]2/C(=C/C=C3/C[C@@H](O)C[C@H](O)C3C)CCC[C@]12C. The van der Waals surface area contributed by atoms with E-state index in [4.69, 9.17) is 4.78 Å². The molecule has 3 saturated carbocycles. The Balaban J connectivity index is 1.75. The molecule has 2 unspecified atom stereocenters. The molecule has 0 aromatic heterocycles. The Bertz CT molecular complexity index is 1090. The lowest BCUT2D eigenvalue weighted by Crippen LogP contribution is -2.36. The first-order chi connectivity index (χ1) is 17.4. The van der Waals surface area contributed by atoms with Crippen LogP contribution in [-0.4, -0.2) is 32.4 Å². The van der Waals surface area contributed by atoms with Crippen molar-refractivity contribution in [1.29, 1.82) is 4.78 Å². The summed E-state index contributed by atoms with van der Waals surface area (Å²) >= 11 is 0. The van der Waals surface area contributed by atoms with E-state index in [1.807, 2.05) is 13.0 Å². The fourth-order valence-corrected chi connectivity index (χ4v) is 8.22. The molecule has 3 rings (SSSR count). The summed E-state index contributed by atoms with van der Waals surface area (Å²) < 4.78 is 34.9. The van der Waals surface area contributed by atoms with Crippen molar-refractivity contribution in [2.24, 2.45) is 29.1 Å². The highest BCUT2D eigenvalue weighted by Gasteiger charge is 2.51. The van der Waals surface area contributed by atoms with Gasteiger partial charge in [-0.05, 0) is 93.3 Å². The average molecular weight is 532 g/mol. The van der Waals surface area contributed by atoms with Gasteiger partial charge < -0.3 is 10.2 Å². The van der Waals surface area contributed by atoms with Gasteiger partial charge in [-0.2, -0.15) is 0 Å². The zero-order valence-electron chi connectivity index (χ0n) is 22.8. The fraction of sp³-hybridized carbons (Fsp3) is 0.613. The molecule has 206 valence electrons. The predicted octanol–water partition coefficient (Wildman–Crippen LogP) is 7.39. The Hall–Kier alpha value is -1.76. The second-order valence-corrected chi connectivity index (χ2v) is 14.0. The summed E-state index contributed by atoms with van der Waals surface area (Å²) in [6.45, 7) is 13.6. The molecule has 3 N–H and O–H groups in total. The Kier molecular flexibility index (Phi) is 9.98. The van der Waals surface area contributed by atoms with Crippen molar-refractivity contribution in [2.45, 2.75) is 84.3 Å². The van der Waals surface area contributed by atoms with Gasteiger partial charge >= 0.3 is 0 Å². The maximum Gasteiger partial charge on any atom is 0.122 e. The molecular weight excluding hydrogens is 485 g/mol. The van der Waals surface area contributed by atoms with Gasteiger partial charge in [0.25, 0.3) is 0 Å². The number of aliphatic hydroxyl groups is 2. The molecule has 37 heavy (non-hydrogen) atoms. The zero-order chi connectivity index (χ0) is 27.4. The minimum Gasteiger partial charge on any atom is -0.393 e.